The van der Waals surface area contributed by atoms with Crippen LogP contribution in [-0.4, -0.2) is 44.3 Å². The van der Waals surface area contributed by atoms with Crippen LogP contribution in [0.2, 0.25) is 0 Å². The van der Waals surface area contributed by atoms with Gasteiger partial charge in [-0.05, 0) is 34.4 Å². The molecule has 10 nitrogen and oxygen atoms in total. The van der Waals surface area contributed by atoms with E-state index in [2.05, 4.69) is 10.1 Å². The molecule has 4 atom stereocenters. The summed E-state index contributed by atoms with van der Waals surface area (Å²) in [6.45, 7) is 0.671. The number of aromatic nitrogens is 3. The maximum Gasteiger partial charge on any atom is 0.242 e. The van der Waals surface area contributed by atoms with Gasteiger partial charge in [-0.25, -0.2) is 9.50 Å². The lowest BCUT2D eigenvalue weighted by molar-refractivity contribution is -0.349. The van der Waals surface area contributed by atoms with Crippen molar-refractivity contribution in [3.05, 3.63) is 168 Å². The van der Waals surface area contributed by atoms with Gasteiger partial charge in [-0.1, -0.05) is 121 Å². The number of fused-ring (bicyclic) bond motifs is 1. The Morgan fingerprint density at radius 2 is 1.16 bits per heavy atom. The van der Waals surface area contributed by atoms with Gasteiger partial charge in [-0.2, -0.15) is 5.10 Å². The van der Waals surface area contributed by atoms with Gasteiger partial charge >= 0.3 is 0 Å². The molecule has 1 unspecified atom stereocenters. The highest BCUT2D eigenvalue weighted by Crippen LogP contribution is 2.48. The van der Waals surface area contributed by atoms with Crippen LogP contribution in [0.1, 0.15) is 27.9 Å². The molecular formula is C39H38N4O6. The summed E-state index contributed by atoms with van der Waals surface area (Å²) in [6, 6.07) is 42.5. The molecule has 3 N–H and O–H groups in total. The van der Waals surface area contributed by atoms with E-state index in [1.807, 2.05) is 121 Å². The molecule has 250 valence electrons. The van der Waals surface area contributed by atoms with Gasteiger partial charge in [0.1, 0.15) is 36.4 Å². The summed E-state index contributed by atoms with van der Waals surface area (Å²) in [5.74, 6) is -3.55. The van der Waals surface area contributed by atoms with E-state index < -0.39 is 23.8 Å². The highest BCUT2D eigenvalue weighted by molar-refractivity contribution is 5.65. The standard InChI is InChI=1S/C39H38N4O6/c40-37-33-21-22-34(43(33)42-28-41-37)39(44)36(47-25-31-17-9-3-10-18-31)35(46-24-30-15-7-2-8-16-30)38(49-39,48-26-32-19-11-4-12-20-32)27-45-23-29-13-5-1-6-14-29/h1-22,28,35-36,44H,23-27H2,(H2,40,41,42)/t35-,36+,38+,39?/m0/s1. The van der Waals surface area contributed by atoms with Crippen LogP contribution in [0.4, 0.5) is 5.82 Å². The van der Waals surface area contributed by atoms with Gasteiger partial charge in [0.15, 0.2) is 5.82 Å². The van der Waals surface area contributed by atoms with Gasteiger partial charge in [0.05, 0.1) is 26.4 Å². The molecule has 1 saturated heterocycles. The molecule has 7 rings (SSSR count). The first-order chi connectivity index (χ1) is 24.0. The fourth-order valence-electron chi connectivity index (χ4n) is 6.10. The number of benzene rings is 4. The lowest BCUT2D eigenvalue weighted by Gasteiger charge is -2.34. The van der Waals surface area contributed by atoms with Crippen molar-refractivity contribution in [1.82, 2.24) is 14.6 Å². The normalized spacial score (nSPS) is 22.1. The second-order valence-electron chi connectivity index (χ2n) is 12.0. The van der Waals surface area contributed by atoms with E-state index in [0.717, 1.165) is 22.3 Å². The van der Waals surface area contributed by atoms with Crippen molar-refractivity contribution < 1.29 is 28.8 Å². The minimum atomic E-state index is -2.14. The Morgan fingerprint density at radius 3 is 1.73 bits per heavy atom. The van der Waals surface area contributed by atoms with Crippen molar-refractivity contribution in [3.63, 3.8) is 0 Å². The molecule has 0 amide bonds. The largest absolute Gasteiger partial charge is 0.382 e. The molecule has 49 heavy (non-hydrogen) atoms. The summed E-state index contributed by atoms with van der Waals surface area (Å²) in [6.07, 6.45) is -0.789. The minimum absolute atomic E-state index is 0.0951. The zero-order valence-electron chi connectivity index (χ0n) is 26.9. The third kappa shape index (κ3) is 7.11. The molecule has 4 aromatic carbocycles. The summed E-state index contributed by atoms with van der Waals surface area (Å²) in [5, 5.41) is 17.3. The van der Waals surface area contributed by atoms with Crippen LogP contribution in [0.15, 0.2) is 140 Å². The Kier molecular flexibility index (Phi) is 9.76. The number of rotatable bonds is 14. The molecule has 0 spiro atoms. The molecule has 10 heteroatoms. The first-order valence-corrected chi connectivity index (χ1v) is 16.2. The van der Waals surface area contributed by atoms with Crippen molar-refractivity contribution in [1.29, 1.82) is 0 Å². The van der Waals surface area contributed by atoms with E-state index in [4.69, 9.17) is 29.4 Å². The number of aliphatic hydroxyl groups is 1. The fraction of sp³-hybridized carbons (Fsp3) is 0.231. The number of nitrogens with two attached hydrogens (primary N) is 1. The summed E-state index contributed by atoms with van der Waals surface area (Å²) < 4.78 is 34.8. The zero-order chi connectivity index (χ0) is 33.5. The molecule has 6 aromatic rings. The number of hydrogen-bond donors (Lipinski definition) is 2. The monoisotopic (exact) mass is 658 g/mol. The number of nitrogens with zero attached hydrogens (tertiary/aromatic N) is 3. The molecule has 0 saturated carbocycles. The van der Waals surface area contributed by atoms with E-state index in [-0.39, 0.29) is 44.5 Å². The van der Waals surface area contributed by atoms with Crippen LogP contribution in [0.5, 0.6) is 0 Å². The SMILES string of the molecule is Nc1ncnn2c(C3(O)O[C@@](COCc4ccccc4)(OCc4ccccc4)[C@@H](OCc4ccccc4)[C@H]3OCc3ccccc3)ccc12. The van der Waals surface area contributed by atoms with Crippen molar-refractivity contribution >= 4 is 11.3 Å². The van der Waals surface area contributed by atoms with Crippen LogP contribution >= 0.6 is 0 Å². The Balaban J connectivity index is 1.33. The lowest BCUT2D eigenvalue weighted by Crippen LogP contribution is -2.51. The quantitative estimate of drug-likeness (QED) is 0.150. The molecule has 1 aliphatic heterocycles. The second-order valence-corrected chi connectivity index (χ2v) is 12.0. The van der Waals surface area contributed by atoms with Gasteiger partial charge in [0.25, 0.3) is 0 Å². The summed E-state index contributed by atoms with van der Waals surface area (Å²) in [4.78, 5) is 4.13. The summed E-state index contributed by atoms with van der Waals surface area (Å²) >= 11 is 0. The van der Waals surface area contributed by atoms with Crippen molar-refractivity contribution in [3.8, 4) is 0 Å². The lowest BCUT2D eigenvalue weighted by atomic mass is 9.99. The number of anilines is 1. The number of hydrogen-bond acceptors (Lipinski definition) is 9. The maximum atomic E-state index is 12.9. The average molecular weight is 659 g/mol. The smallest absolute Gasteiger partial charge is 0.242 e. The molecule has 0 bridgehead atoms. The van der Waals surface area contributed by atoms with E-state index >= 15 is 0 Å². The summed E-state index contributed by atoms with van der Waals surface area (Å²) in [5.41, 5.74) is 10.7. The van der Waals surface area contributed by atoms with Crippen LogP contribution in [-0.2, 0) is 55.9 Å². The average Bonchev–Trinajstić information content (AvgIpc) is 3.69. The van der Waals surface area contributed by atoms with Crippen LogP contribution in [0, 0.1) is 0 Å². The molecule has 1 aliphatic rings. The van der Waals surface area contributed by atoms with Crippen molar-refractivity contribution in [2.75, 3.05) is 12.3 Å². The van der Waals surface area contributed by atoms with E-state index in [0.29, 0.717) is 5.52 Å². The Morgan fingerprint density at radius 1 is 0.653 bits per heavy atom. The molecule has 0 aliphatic carbocycles. The topological polar surface area (TPSA) is 123 Å². The minimum Gasteiger partial charge on any atom is -0.382 e. The predicted octanol–water partition coefficient (Wildman–Crippen LogP) is 5.79. The van der Waals surface area contributed by atoms with Crippen LogP contribution < -0.4 is 5.73 Å². The number of nitrogen functional groups attached to an aromatic ring is 1. The third-order valence-electron chi connectivity index (χ3n) is 8.56. The highest BCUT2D eigenvalue weighted by atomic mass is 16.8. The van der Waals surface area contributed by atoms with Crippen molar-refractivity contribution in [2.45, 2.75) is 50.2 Å². The van der Waals surface area contributed by atoms with Gasteiger partial charge in [0, 0.05) is 0 Å². The molecule has 2 aromatic heterocycles. The van der Waals surface area contributed by atoms with Crippen molar-refractivity contribution in [2.24, 2.45) is 0 Å². The first kappa shape index (κ1) is 32.6. The number of ether oxygens (including phenoxy) is 5. The van der Waals surface area contributed by atoms with E-state index in [9.17, 15) is 5.11 Å². The third-order valence-corrected chi connectivity index (χ3v) is 8.56. The molecule has 3 heterocycles. The van der Waals surface area contributed by atoms with Gasteiger partial charge in [-0.3, -0.25) is 0 Å². The van der Waals surface area contributed by atoms with Gasteiger partial charge < -0.3 is 34.5 Å². The highest BCUT2D eigenvalue weighted by Gasteiger charge is 2.67. The predicted molar refractivity (Wildman–Crippen MR) is 182 cm³/mol. The van der Waals surface area contributed by atoms with Crippen LogP contribution in [0.25, 0.3) is 5.52 Å². The zero-order valence-corrected chi connectivity index (χ0v) is 26.9. The van der Waals surface area contributed by atoms with Crippen LogP contribution in [0.3, 0.4) is 0 Å². The van der Waals surface area contributed by atoms with E-state index in [1.165, 1.54) is 10.8 Å². The maximum absolute atomic E-state index is 12.9. The molecule has 0 radical (unpaired) electrons. The fourth-order valence-corrected chi connectivity index (χ4v) is 6.10. The van der Waals surface area contributed by atoms with Gasteiger partial charge in [-0.15, -0.1) is 0 Å². The first-order valence-electron chi connectivity index (χ1n) is 16.2. The Labute approximate surface area is 284 Å². The Hall–Kier alpha value is -4.94. The summed E-state index contributed by atoms with van der Waals surface area (Å²) in [7, 11) is 0. The van der Waals surface area contributed by atoms with Gasteiger partial charge in [0.2, 0.25) is 11.6 Å². The van der Waals surface area contributed by atoms with E-state index in [1.54, 1.807) is 12.1 Å². The molecular weight excluding hydrogens is 620 g/mol. The second kappa shape index (κ2) is 14.7. The molecule has 1 fully saturated rings. The Bertz CT molecular complexity index is 1930.